The third-order valence-electron chi connectivity index (χ3n) is 2.09. The van der Waals surface area contributed by atoms with Crippen LogP contribution in [-0.2, 0) is 9.53 Å². The molecular weight excluding hydrogens is 204 g/mol. The maximum atomic E-state index is 10.7. The average Bonchev–Trinajstić information content (AvgIpc) is 2.17. The first kappa shape index (κ1) is 13.7. The molecule has 1 unspecified atom stereocenters. The lowest BCUT2D eigenvalue weighted by Gasteiger charge is -2.07. The number of halogens is 1. The lowest BCUT2D eigenvalue weighted by atomic mass is 10.1. The number of hydrogen-bond donors (Lipinski definition) is 1. The third-order valence-corrected chi connectivity index (χ3v) is 2.31. The van der Waals surface area contributed by atoms with E-state index in [4.69, 9.17) is 11.6 Å². The lowest BCUT2D eigenvalue weighted by Crippen LogP contribution is -2.06. The molecule has 1 N–H and O–H groups in total. The molecule has 0 aliphatic carbocycles. The Kier molecular flexibility index (Phi) is 9.10. The highest BCUT2D eigenvalue weighted by atomic mass is 35.5. The highest BCUT2D eigenvalue weighted by molar-refractivity contribution is 6.17. The Bertz CT molecular complexity index is 150. The van der Waals surface area contributed by atoms with Crippen LogP contribution in [0.4, 0.5) is 0 Å². The summed E-state index contributed by atoms with van der Waals surface area (Å²) in [6.45, 7) is 0. The van der Waals surface area contributed by atoms with Crippen LogP contribution >= 0.6 is 11.6 Å². The molecule has 0 aliphatic heterocycles. The van der Waals surface area contributed by atoms with Gasteiger partial charge in [0.25, 0.3) is 0 Å². The summed E-state index contributed by atoms with van der Waals surface area (Å²) in [5, 5.41) is 9.33. The van der Waals surface area contributed by atoms with Gasteiger partial charge in [-0.3, -0.25) is 4.79 Å². The lowest BCUT2D eigenvalue weighted by molar-refractivity contribution is -0.140. The van der Waals surface area contributed by atoms with Gasteiger partial charge in [0.1, 0.15) is 0 Å². The van der Waals surface area contributed by atoms with Crippen molar-refractivity contribution >= 4 is 17.6 Å². The number of unbranched alkanes of at least 4 members (excludes halogenated alkanes) is 2. The summed E-state index contributed by atoms with van der Waals surface area (Å²) < 4.78 is 4.51. The Morgan fingerprint density at radius 3 is 2.64 bits per heavy atom. The molecule has 1 atom stereocenters. The van der Waals surface area contributed by atoms with Crippen molar-refractivity contribution in [2.45, 2.75) is 44.6 Å². The van der Waals surface area contributed by atoms with E-state index in [-0.39, 0.29) is 12.1 Å². The van der Waals surface area contributed by atoms with Gasteiger partial charge in [0.15, 0.2) is 0 Å². The highest BCUT2D eigenvalue weighted by Gasteiger charge is 2.03. The van der Waals surface area contributed by atoms with Gasteiger partial charge in [0.2, 0.25) is 0 Å². The predicted octanol–water partition coefficient (Wildman–Crippen LogP) is 2.10. The standard InChI is InChI=1S/C10H19ClO3/c1-14-10(13)6-4-2-3-5-9(12)7-8-11/h9,12H,2-8H2,1H3. The summed E-state index contributed by atoms with van der Waals surface area (Å²) in [5.41, 5.74) is 0. The zero-order valence-corrected chi connectivity index (χ0v) is 9.42. The van der Waals surface area contributed by atoms with Crippen molar-refractivity contribution in [2.24, 2.45) is 0 Å². The van der Waals surface area contributed by atoms with E-state index in [0.717, 1.165) is 25.7 Å². The van der Waals surface area contributed by atoms with Crippen LogP contribution in [0.15, 0.2) is 0 Å². The van der Waals surface area contributed by atoms with E-state index >= 15 is 0 Å². The summed E-state index contributed by atoms with van der Waals surface area (Å²) in [7, 11) is 1.40. The second-order valence-corrected chi connectivity index (χ2v) is 3.68. The number of ether oxygens (including phenoxy) is 1. The maximum Gasteiger partial charge on any atom is 0.305 e. The monoisotopic (exact) mass is 222 g/mol. The van der Waals surface area contributed by atoms with E-state index in [1.807, 2.05) is 0 Å². The van der Waals surface area contributed by atoms with Gasteiger partial charge >= 0.3 is 5.97 Å². The van der Waals surface area contributed by atoms with Gasteiger partial charge in [-0.1, -0.05) is 12.8 Å². The fourth-order valence-electron chi connectivity index (χ4n) is 1.20. The minimum atomic E-state index is -0.286. The van der Waals surface area contributed by atoms with Gasteiger partial charge in [0.05, 0.1) is 13.2 Å². The zero-order valence-electron chi connectivity index (χ0n) is 8.67. The van der Waals surface area contributed by atoms with Gasteiger partial charge in [-0.25, -0.2) is 0 Å². The molecule has 3 nitrogen and oxygen atoms in total. The number of methoxy groups -OCH3 is 1. The molecule has 0 bridgehead atoms. The number of rotatable bonds is 8. The predicted molar refractivity (Wildman–Crippen MR) is 56.4 cm³/mol. The first-order valence-electron chi connectivity index (χ1n) is 5.01. The Labute approximate surface area is 90.4 Å². The van der Waals surface area contributed by atoms with E-state index in [1.165, 1.54) is 7.11 Å². The minimum Gasteiger partial charge on any atom is -0.469 e. The second kappa shape index (κ2) is 9.28. The van der Waals surface area contributed by atoms with Crippen LogP contribution in [0.5, 0.6) is 0 Å². The van der Waals surface area contributed by atoms with Crippen molar-refractivity contribution in [2.75, 3.05) is 13.0 Å². The molecule has 4 heteroatoms. The molecule has 0 fully saturated rings. The van der Waals surface area contributed by atoms with Crippen molar-refractivity contribution in [3.05, 3.63) is 0 Å². The maximum absolute atomic E-state index is 10.7. The van der Waals surface area contributed by atoms with Crippen LogP contribution in [0, 0.1) is 0 Å². The first-order valence-corrected chi connectivity index (χ1v) is 5.55. The summed E-state index contributed by atoms with van der Waals surface area (Å²) in [4.78, 5) is 10.7. The Morgan fingerprint density at radius 1 is 1.36 bits per heavy atom. The quantitative estimate of drug-likeness (QED) is 0.389. The molecule has 0 aromatic heterocycles. The molecule has 0 aliphatic rings. The van der Waals surface area contributed by atoms with E-state index in [2.05, 4.69) is 4.74 Å². The molecule has 0 spiro atoms. The Morgan fingerprint density at radius 2 is 2.07 bits per heavy atom. The van der Waals surface area contributed by atoms with Crippen molar-refractivity contribution < 1.29 is 14.6 Å². The van der Waals surface area contributed by atoms with E-state index in [0.29, 0.717) is 18.7 Å². The van der Waals surface area contributed by atoms with Crippen molar-refractivity contribution in [1.29, 1.82) is 0 Å². The zero-order chi connectivity index (χ0) is 10.8. The summed E-state index contributed by atoms with van der Waals surface area (Å²) in [6.07, 6.45) is 4.34. The minimum absolute atomic E-state index is 0.161. The molecule has 14 heavy (non-hydrogen) atoms. The summed E-state index contributed by atoms with van der Waals surface area (Å²) in [5.74, 6) is 0.342. The van der Waals surface area contributed by atoms with Crippen molar-refractivity contribution in [1.82, 2.24) is 0 Å². The van der Waals surface area contributed by atoms with Crippen LogP contribution in [0.1, 0.15) is 38.5 Å². The van der Waals surface area contributed by atoms with Gasteiger partial charge in [-0.15, -0.1) is 11.6 Å². The number of carbonyl (C=O) groups excluding carboxylic acids is 1. The largest absolute Gasteiger partial charge is 0.469 e. The van der Waals surface area contributed by atoms with Crippen LogP contribution < -0.4 is 0 Å². The number of esters is 1. The fourth-order valence-corrected chi connectivity index (χ4v) is 1.45. The molecule has 0 heterocycles. The first-order chi connectivity index (χ1) is 6.70. The van der Waals surface area contributed by atoms with Gasteiger partial charge in [-0.05, 0) is 19.3 Å². The fraction of sp³-hybridized carbons (Fsp3) is 0.900. The molecule has 0 rings (SSSR count). The number of hydrogen-bond acceptors (Lipinski definition) is 3. The average molecular weight is 223 g/mol. The van der Waals surface area contributed by atoms with Gasteiger partial charge < -0.3 is 9.84 Å². The van der Waals surface area contributed by atoms with Crippen LogP contribution in [-0.4, -0.2) is 30.2 Å². The number of aliphatic hydroxyl groups excluding tert-OH is 1. The molecule has 0 saturated carbocycles. The van der Waals surface area contributed by atoms with Crippen molar-refractivity contribution in [3.8, 4) is 0 Å². The number of aliphatic hydroxyl groups is 1. The molecular formula is C10H19ClO3. The molecule has 84 valence electrons. The normalized spacial score (nSPS) is 12.5. The third kappa shape index (κ3) is 8.32. The Balaban J connectivity index is 3.17. The summed E-state index contributed by atoms with van der Waals surface area (Å²) in [6, 6.07) is 0. The van der Waals surface area contributed by atoms with Crippen molar-refractivity contribution in [3.63, 3.8) is 0 Å². The molecule has 0 saturated heterocycles. The Hall–Kier alpha value is -0.280. The van der Waals surface area contributed by atoms with E-state index in [1.54, 1.807) is 0 Å². The smallest absolute Gasteiger partial charge is 0.305 e. The van der Waals surface area contributed by atoms with Crippen LogP contribution in [0.25, 0.3) is 0 Å². The topological polar surface area (TPSA) is 46.5 Å². The SMILES string of the molecule is COC(=O)CCCCCC(O)CCCl. The second-order valence-electron chi connectivity index (χ2n) is 3.31. The van der Waals surface area contributed by atoms with Gasteiger partial charge in [-0.2, -0.15) is 0 Å². The van der Waals surface area contributed by atoms with E-state index in [9.17, 15) is 9.90 Å². The molecule has 0 radical (unpaired) electrons. The number of alkyl halides is 1. The van der Waals surface area contributed by atoms with Gasteiger partial charge in [0, 0.05) is 12.3 Å². The molecule has 0 amide bonds. The summed E-state index contributed by atoms with van der Waals surface area (Å²) >= 11 is 5.48. The van der Waals surface area contributed by atoms with Crippen LogP contribution in [0.2, 0.25) is 0 Å². The van der Waals surface area contributed by atoms with Crippen LogP contribution in [0.3, 0.4) is 0 Å². The molecule has 0 aromatic carbocycles. The number of carbonyl (C=O) groups is 1. The molecule has 0 aromatic rings. The highest BCUT2D eigenvalue weighted by Crippen LogP contribution is 2.08. The van der Waals surface area contributed by atoms with E-state index < -0.39 is 0 Å².